The monoisotopic (exact) mass is 258 g/mol. The molecule has 1 N–H and O–H groups in total. The van der Waals surface area contributed by atoms with Crippen LogP contribution in [-0.4, -0.2) is 90.2 Å². The molecule has 2 atom stereocenters. The molecule has 0 aromatic heterocycles. The summed E-state index contributed by atoms with van der Waals surface area (Å²) >= 11 is 0. The number of β-amino-alcohol motifs (C(OH)–C–C–N with tert-alkyl or cyclic N) is 1. The van der Waals surface area contributed by atoms with Crippen LogP contribution in [0, 0.1) is 0 Å². The number of fused-ring (bicyclic) bond motifs is 1. The van der Waals surface area contributed by atoms with Gasteiger partial charge in [-0.3, -0.25) is 9.80 Å². The lowest BCUT2D eigenvalue weighted by molar-refractivity contribution is 0.0410. The number of likely N-dealkylation sites (N-methyl/N-ethyl adjacent to an activating group) is 2. The molecule has 0 aromatic rings. The van der Waals surface area contributed by atoms with Crippen LogP contribution in [0.15, 0.2) is 0 Å². The number of aliphatic hydroxyl groups is 1. The number of carbonyl (C=O) groups is 2. The average molecular weight is 258 g/mol. The van der Waals surface area contributed by atoms with Gasteiger partial charge < -0.3 is 19.6 Å². The standard InChI is InChI=1S/C10H18N4O4/c1-11-7-8(14(6-18-3)10(11)17)12(2)9(16)13(7)4-5-15/h7-8,15H,4-6H2,1-3H3. The molecule has 8 nitrogen and oxygen atoms in total. The van der Waals surface area contributed by atoms with Crippen LogP contribution in [0.4, 0.5) is 9.59 Å². The summed E-state index contributed by atoms with van der Waals surface area (Å²) in [6.07, 6.45) is -0.751. The maximum absolute atomic E-state index is 12.1. The van der Waals surface area contributed by atoms with Gasteiger partial charge in [-0.2, -0.15) is 0 Å². The van der Waals surface area contributed by atoms with E-state index in [0.717, 1.165) is 0 Å². The van der Waals surface area contributed by atoms with Gasteiger partial charge in [-0.15, -0.1) is 0 Å². The molecule has 4 amide bonds. The second kappa shape index (κ2) is 4.62. The lowest BCUT2D eigenvalue weighted by Crippen LogP contribution is -2.45. The van der Waals surface area contributed by atoms with Crippen LogP contribution in [0.3, 0.4) is 0 Å². The van der Waals surface area contributed by atoms with Crippen molar-refractivity contribution in [3.05, 3.63) is 0 Å². The fourth-order valence-electron chi connectivity index (χ4n) is 2.60. The fourth-order valence-corrected chi connectivity index (χ4v) is 2.60. The van der Waals surface area contributed by atoms with Gasteiger partial charge in [-0.1, -0.05) is 0 Å². The molecule has 0 radical (unpaired) electrons. The number of hydrogen-bond donors (Lipinski definition) is 1. The van der Waals surface area contributed by atoms with Gasteiger partial charge >= 0.3 is 12.1 Å². The van der Waals surface area contributed by atoms with E-state index in [1.165, 1.54) is 26.7 Å². The Morgan fingerprint density at radius 3 is 2.11 bits per heavy atom. The quantitative estimate of drug-likeness (QED) is 0.699. The Morgan fingerprint density at radius 2 is 1.61 bits per heavy atom. The van der Waals surface area contributed by atoms with E-state index in [0.29, 0.717) is 0 Å². The Kier molecular flexibility index (Phi) is 3.31. The second-order valence-corrected chi connectivity index (χ2v) is 4.42. The minimum atomic E-state index is -0.378. The number of urea groups is 2. The van der Waals surface area contributed by atoms with Crippen molar-refractivity contribution in [2.75, 3.05) is 41.1 Å². The van der Waals surface area contributed by atoms with E-state index in [1.807, 2.05) is 0 Å². The highest BCUT2D eigenvalue weighted by atomic mass is 16.5. The van der Waals surface area contributed by atoms with Crippen molar-refractivity contribution in [3.8, 4) is 0 Å². The van der Waals surface area contributed by atoms with Crippen LogP contribution in [-0.2, 0) is 4.74 Å². The van der Waals surface area contributed by atoms with Crippen molar-refractivity contribution < 1.29 is 19.4 Å². The molecule has 0 bridgehead atoms. The number of hydrogen-bond acceptors (Lipinski definition) is 4. The third kappa shape index (κ3) is 1.60. The minimum Gasteiger partial charge on any atom is -0.395 e. The molecule has 0 spiro atoms. The third-order valence-electron chi connectivity index (χ3n) is 3.40. The van der Waals surface area contributed by atoms with E-state index >= 15 is 0 Å². The molecule has 2 unspecified atom stereocenters. The topological polar surface area (TPSA) is 76.6 Å². The predicted molar refractivity (Wildman–Crippen MR) is 61.4 cm³/mol. The highest BCUT2D eigenvalue weighted by Crippen LogP contribution is 2.32. The zero-order valence-electron chi connectivity index (χ0n) is 10.7. The van der Waals surface area contributed by atoms with Gasteiger partial charge in [0, 0.05) is 27.7 Å². The fraction of sp³-hybridized carbons (Fsp3) is 0.800. The van der Waals surface area contributed by atoms with Gasteiger partial charge in [0.2, 0.25) is 0 Å². The first-order chi connectivity index (χ1) is 8.54. The predicted octanol–water partition coefficient (Wildman–Crippen LogP) is -1.03. The van der Waals surface area contributed by atoms with Crippen molar-refractivity contribution >= 4 is 12.1 Å². The first-order valence-electron chi connectivity index (χ1n) is 5.71. The molecule has 0 saturated carbocycles. The number of carbonyl (C=O) groups excluding carboxylic acids is 2. The van der Waals surface area contributed by atoms with Crippen LogP contribution >= 0.6 is 0 Å². The summed E-state index contributed by atoms with van der Waals surface area (Å²) < 4.78 is 5.00. The summed E-state index contributed by atoms with van der Waals surface area (Å²) in [6.45, 7) is 0.215. The number of rotatable bonds is 4. The summed E-state index contributed by atoms with van der Waals surface area (Å²) in [7, 11) is 4.79. The zero-order chi connectivity index (χ0) is 13.4. The second-order valence-electron chi connectivity index (χ2n) is 4.42. The number of nitrogens with zero attached hydrogens (tertiary/aromatic N) is 4. The maximum Gasteiger partial charge on any atom is 0.325 e. The molecule has 8 heteroatoms. The Balaban J connectivity index is 2.30. The van der Waals surface area contributed by atoms with Crippen molar-refractivity contribution in [2.24, 2.45) is 0 Å². The number of ether oxygens (including phenoxy) is 1. The van der Waals surface area contributed by atoms with Crippen molar-refractivity contribution in [1.29, 1.82) is 0 Å². The van der Waals surface area contributed by atoms with Gasteiger partial charge in [0.25, 0.3) is 0 Å². The van der Waals surface area contributed by atoms with Crippen molar-refractivity contribution in [1.82, 2.24) is 19.6 Å². The van der Waals surface area contributed by atoms with Crippen LogP contribution in [0.25, 0.3) is 0 Å². The van der Waals surface area contributed by atoms with Gasteiger partial charge in [-0.25, -0.2) is 9.59 Å². The van der Waals surface area contributed by atoms with Crippen LogP contribution in [0.1, 0.15) is 0 Å². The SMILES string of the molecule is COCN1C(=O)N(C)C2C1N(C)C(=O)N2CCO. The first kappa shape index (κ1) is 12.9. The number of aliphatic hydroxyl groups excluding tert-OH is 1. The van der Waals surface area contributed by atoms with Crippen molar-refractivity contribution in [2.45, 2.75) is 12.3 Å². The molecule has 102 valence electrons. The van der Waals surface area contributed by atoms with E-state index in [2.05, 4.69) is 0 Å². The molecular formula is C10H18N4O4. The lowest BCUT2D eigenvalue weighted by atomic mass is 10.3. The summed E-state index contributed by atoms with van der Waals surface area (Å²) in [6, 6.07) is -0.381. The molecule has 2 fully saturated rings. The number of methoxy groups -OCH3 is 1. The average Bonchev–Trinajstić information content (AvgIpc) is 2.73. The molecule has 2 aliphatic rings. The van der Waals surface area contributed by atoms with Gasteiger partial charge in [0.15, 0.2) is 6.17 Å². The highest BCUT2D eigenvalue weighted by molar-refractivity contribution is 5.84. The summed E-state index contributed by atoms with van der Waals surface area (Å²) in [5.41, 5.74) is 0. The zero-order valence-corrected chi connectivity index (χ0v) is 10.7. The Bertz CT molecular complexity index is 330. The summed E-state index contributed by atoms with van der Waals surface area (Å²) in [5, 5.41) is 9.02. The van der Waals surface area contributed by atoms with E-state index in [9.17, 15) is 9.59 Å². The minimum absolute atomic E-state index is 0.130. The molecule has 0 aliphatic carbocycles. The molecule has 2 aliphatic heterocycles. The van der Waals surface area contributed by atoms with Crippen LogP contribution < -0.4 is 0 Å². The van der Waals surface area contributed by atoms with E-state index < -0.39 is 0 Å². The van der Waals surface area contributed by atoms with Crippen LogP contribution in [0.5, 0.6) is 0 Å². The molecule has 2 rings (SSSR count). The van der Waals surface area contributed by atoms with Gasteiger partial charge in [-0.05, 0) is 0 Å². The maximum atomic E-state index is 12.1. The molecule has 2 heterocycles. The first-order valence-corrected chi connectivity index (χ1v) is 5.71. The van der Waals surface area contributed by atoms with E-state index in [-0.39, 0.29) is 44.3 Å². The van der Waals surface area contributed by atoms with Gasteiger partial charge in [0.05, 0.1) is 6.61 Å². The lowest BCUT2D eigenvalue weighted by Gasteiger charge is -2.25. The molecule has 2 saturated heterocycles. The molecule has 0 aromatic carbocycles. The van der Waals surface area contributed by atoms with Crippen molar-refractivity contribution in [3.63, 3.8) is 0 Å². The number of amides is 4. The van der Waals surface area contributed by atoms with Crippen LogP contribution in [0.2, 0.25) is 0 Å². The summed E-state index contributed by atoms with van der Waals surface area (Å²) in [4.78, 5) is 30.1. The highest BCUT2D eigenvalue weighted by Gasteiger charge is 2.56. The molecular weight excluding hydrogens is 240 g/mol. The normalized spacial score (nSPS) is 27.6. The smallest absolute Gasteiger partial charge is 0.325 e. The van der Waals surface area contributed by atoms with E-state index in [4.69, 9.17) is 9.84 Å². The molecule has 18 heavy (non-hydrogen) atoms. The summed E-state index contributed by atoms with van der Waals surface area (Å²) in [5.74, 6) is 0. The van der Waals surface area contributed by atoms with Gasteiger partial charge in [0.1, 0.15) is 12.9 Å². The third-order valence-corrected chi connectivity index (χ3v) is 3.40. The Morgan fingerprint density at radius 1 is 1.11 bits per heavy atom. The van der Waals surface area contributed by atoms with E-state index in [1.54, 1.807) is 14.1 Å². The Hall–Kier alpha value is -1.54. The Labute approximate surface area is 105 Å². The largest absolute Gasteiger partial charge is 0.395 e.